The van der Waals surface area contributed by atoms with Crippen molar-refractivity contribution in [3.05, 3.63) is 12.2 Å². The number of fused-ring (bicyclic) bond motifs is 2. The van der Waals surface area contributed by atoms with Gasteiger partial charge in [0.25, 0.3) is 0 Å². The predicted molar refractivity (Wildman–Crippen MR) is 40.5 cm³/mol. The summed E-state index contributed by atoms with van der Waals surface area (Å²) >= 11 is 0. The maximum absolute atomic E-state index is 8.97. The Labute approximate surface area is 61.8 Å². The standard InChI is InChI=1S/C9H14O/c1-6-7-2-3-9(6)8(4-7)5-10/h2-3,6-10H,4-5H2,1H3. The fourth-order valence-corrected chi connectivity index (χ4v) is 2.49. The van der Waals surface area contributed by atoms with Crippen LogP contribution in [0.2, 0.25) is 0 Å². The third-order valence-corrected chi connectivity index (χ3v) is 3.22. The van der Waals surface area contributed by atoms with Crippen LogP contribution in [-0.2, 0) is 0 Å². The quantitative estimate of drug-likeness (QED) is 0.543. The van der Waals surface area contributed by atoms with Gasteiger partial charge in [0.1, 0.15) is 0 Å². The molecule has 2 aliphatic carbocycles. The lowest BCUT2D eigenvalue weighted by molar-refractivity contribution is 0.201. The Balaban J connectivity index is 2.16. The Morgan fingerprint density at radius 1 is 1.50 bits per heavy atom. The minimum absolute atomic E-state index is 0.385. The number of hydrogen-bond donors (Lipinski definition) is 1. The van der Waals surface area contributed by atoms with Gasteiger partial charge in [-0.05, 0) is 30.1 Å². The zero-order chi connectivity index (χ0) is 7.14. The molecule has 1 heteroatoms. The summed E-state index contributed by atoms with van der Waals surface area (Å²) in [5.41, 5.74) is 0. The third-order valence-electron chi connectivity index (χ3n) is 3.22. The van der Waals surface area contributed by atoms with Crippen molar-refractivity contribution in [1.82, 2.24) is 0 Å². The van der Waals surface area contributed by atoms with E-state index in [1.165, 1.54) is 6.42 Å². The van der Waals surface area contributed by atoms with Crippen molar-refractivity contribution >= 4 is 0 Å². The minimum Gasteiger partial charge on any atom is -0.396 e. The molecule has 1 fully saturated rings. The third kappa shape index (κ3) is 0.671. The summed E-state index contributed by atoms with van der Waals surface area (Å²) < 4.78 is 0. The van der Waals surface area contributed by atoms with Gasteiger partial charge in [-0.3, -0.25) is 0 Å². The zero-order valence-corrected chi connectivity index (χ0v) is 6.33. The van der Waals surface area contributed by atoms with Crippen molar-refractivity contribution in [2.45, 2.75) is 13.3 Å². The van der Waals surface area contributed by atoms with Crippen LogP contribution in [0.5, 0.6) is 0 Å². The second kappa shape index (κ2) is 2.09. The van der Waals surface area contributed by atoms with E-state index in [2.05, 4.69) is 19.1 Å². The van der Waals surface area contributed by atoms with Gasteiger partial charge in [-0.15, -0.1) is 0 Å². The second-order valence-electron chi connectivity index (χ2n) is 3.66. The molecular formula is C9H14O. The lowest BCUT2D eigenvalue weighted by atomic mass is 9.93. The molecule has 0 amide bonds. The maximum atomic E-state index is 8.97. The van der Waals surface area contributed by atoms with Crippen molar-refractivity contribution in [3.8, 4) is 0 Å². The lowest BCUT2D eigenvalue weighted by Gasteiger charge is -2.14. The van der Waals surface area contributed by atoms with Gasteiger partial charge in [0.2, 0.25) is 0 Å². The van der Waals surface area contributed by atoms with Gasteiger partial charge in [-0.25, -0.2) is 0 Å². The summed E-state index contributed by atoms with van der Waals surface area (Å²) in [5.74, 6) is 2.85. The normalized spacial score (nSPS) is 50.6. The zero-order valence-electron chi connectivity index (χ0n) is 6.33. The molecule has 2 bridgehead atoms. The highest BCUT2D eigenvalue weighted by Crippen LogP contribution is 2.47. The molecule has 56 valence electrons. The molecule has 0 aliphatic heterocycles. The Morgan fingerprint density at radius 3 is 2.60 bits per heavy atom. The molecule has 0 heterocycles. The predicted octanol–water partition coefficient (Wildman–Crippen LogP) is 1.44. The largest absolute Gasteiger partial charge is 0.396 e. The molecule has 4 atom stereocenters. The first-order valence-corrected chi connectivity index (χ1v) is 4.12. The topological polar surface area (TPSA) is 20.2 Å². The molecular weight excluding hydrogens is 124 g/mol. The fourth-order valence-electron chi connectivity index (χ4n) is 2.49. The number of hydrogen-bond acceptors (Lipinski definition) is 1. The van der Waals surface area contributed by atoms with Crippen LogP contribution in [0.3, 0.4) is 0 Å². The first-order valence-electron chi connectivity index (χ1n) is 4.12. The Kier molecular flexibility index (Phi) is 1.34. The molecule has 1 N–H and O–H groups in total. The second-order valence-corrected chi connectivity index (χ2v) is 3.66. The molecule has 2 aliphatic rings. The molecule has 1 nitrogen and oxygen atoms in total. The van der Waals surface area contributed by atoms with Crippen LogP contribution in [0.1, 0.15) is 13.3 Å². The molecule has 0 spiro atoms. The van der Waals surface area contributed by atoms with Crippen LogP contribution in [0.4, 0.5) is 0 Å². The van der Waals surface area contributed by atoms with Crippen LogP contribution in [0.15, 0.2) is 12.2 Å². The highest BCUT2D eigenvalue weighted by atomic mass is 16.3. The van der Waals surface area contributed by atoms with Gasteiger partial charge < -0.3 is 5.11 Å². The van der Waals surface area contributed by atoms with E-state index < -0.39 is 0 Å². The molecule has 4 unspecified atom stereocenters. The van der Waals surface area contributed by atoms with Gasteiger partial charge in [-0.2, -0.15) is 0 Å². The van der Waals surface area contributed by atoms with Crippen LogP contribution in [-0.4, -0.2) is 11.7 Å². The van der Waals surface area contributed by atoms with Crippen molar-refractivity contribution in [2.75, 3.05) is 6.61 Å². The molecule has 10 heavy (non-hydrogen) atoms. The van der Waals surface area contributed by atoms with E-state index in [4.69, 9.17) is 5.11 Å². The van der Waals surface area contributed by atoms with E-state index in [9.17, 15) is 0 Å². The summed E-state index contributed by atoms with van der Waals surface area (Å²) in [6.07, 6.45) is 5.83. The van der Waals surface area contributed by atoms with Crippen LogP contribution in [0.25, 0.3) is 0 Å². The van der Waals surface area contributed by atoms with Crippen molar-refractivity contribution in [3.63, 3.8) is 0 Å². The molecule has 2 rings (SSSR count). The molecule has 1 saturated carbocycles. The van der Waals surface area contributed by atoms with E-state index in [1.807, 2.05) is 0 Å². The number of rotatable bonds is 1. The van der Waals surface area contributed by atoms with Gasteiger partial charge >= 0.3 is 0 Å². The first-order chi connectivity index (χ1) is 4.83. The summed E-state index contributed by atoms with van der Waals surface area (Å²) in [7, 11) is 0. The molecule has 0 saturated heterocycles. The first kappa shape index (κ1) is 6.41. The summed E-state index contributed by atoms with van der Waals surface area (Å²) in [6.45, 7) is 2.68. The lowest BCUT2D eigenvalue weighted by Crippen LogP contribution is -2.12. The van der Waals surface area contributed by atoms with Crippen molar-refractivity contribution in [1.29, 1.82) is 0 Å². The smallest absolute Gasteiger partial charge is 0.0465 e. The number of aliphatic hydroxyl groups is 1. The van der Waals surface area contributed by atoms with Gasteiger partial charge in [-0.1, -0.05) is 19.1 Å². The Bertz CT molecular complexity index is 162. The highest BCUT2D eigenvalue weighted by molar-refractivity contribution is 5.13. The Hall–Kier alpha value is -0.300. The van der Waals surface area contributed by atoms with Crippen LogP contribution in [0, 0.1) is 23.7 Å². The summed E-state index contributed by atoms with van der Waals surface area (Å²) in [6, 6.07) is 0. The van der Waals surface area contributed by atoms with Crippen molar-refractivity contribution < 1.29 is 5.11 Å². The van der Waals surface area contributed by atoms with Crippen molar-refractivity contribution in [2.24, 2.45) is 23.7 Å². The SMILES string of the molecule is CC1C2C=CC1C(CO)C2. The molecule has 0 aromatic rings. The van der Waals surface area contributed by atoms with Gasteiger partial charge in [0.15, 0.2) is 0 Å². The Morgan fingerprint density at radius 2 is 2.30 bits per heavy atom. The van der Waals surface area contributed by atoms with E-state index in [1.54, 1.807) is 0 Å². The van der Waals surface area contributed by atoms with Crippen LogP contribution >= 0.6 is 0 Å². The van der Waals surface area contributed by atoms with E-state index >= 15 is 0 Å². The summed E-state index contributed by atoms with van der Waals surface area (Å²) in [4.78, 5) is 0. The monoisotopic (exact) mass is 138 g/mol. The van der Waals surface area contributed by atoms with E-state index in [-0.39, 0.29) is 0 Å². The van der Waals surface area contributed by atoms with E-state index in [0.29, 0.717) is 18.4 Å². The minimum atomic E-state index is 0.385. The fraction of sp³-hybridized carbons (Fsp3) is 0.778. The van der Waals surface area contributed by atoms with Gasteiger partial charge in [0, 0.05) is 6.61 Å². The number of aliphatic hydroxyl groups excluding tert-OH is 1. The van der Waals surface area contributed by atoms with Gasteiger partial charge in [0.05, 0.1) is 0 Å². The number of allylic oxidation sites excluding steroid dienone is 2. The highest BCUT2D eigenvalue weighted by Gasteiger charge is 2.41. The average molecular weight is 138 g/mol. The molecule has 0 aromatic carbocycles. The molecule has 0 aromatic heterocycles. The summed E-state index contributed by atoms with van der Waals surface area (Å²) in [5, 5.41) is 8.97. The van der Waals surface area contributed by atoms with Crippen LogP contribution < -0.4 is 0 Å². The molecule has 0 radical (unpaired) electrons. The maximum Gasteiger partial charge on any atom is 0.0465 e. The average Bonchev–Trinajstić information content (AvgIpc) is 2.46. The van der Waals surface area contributed by atoms with E-state index in [0.717, 1.165) is 11.8 Å².